The standard InChI is InChI=1S/C17H21ClN4OS/c1-22-9-6-12(7-10-22)11-20-17(23)21-13-3-2-8-19-16(13)14-4-5-15(18)24-14/h2-5,8,12H,6-7,9-11H2,1H3,(H2,20,21,23). The van der Waals surface area contributed by atoms with E-state index in [2.05, 4.69) is 27.6 Å². The lowest BCUT2D eigenvalue weighted by Crippen LogP contribution is -2.38. The van der Waals surface area contributed by atoms with Gasteiger partial charge in [-0.15, -0.1) is 11.3 Å². The predicted octanol–water partition coefficient (Wildman–Crippen LogP) is 3.93. The number of hydrogen-bond donors (Lipinski definition) is 2. The zero-order valence-electron chi connectivity index (χ0n) is 13.6. The van der Waals surface area contributed by atoms with Crippen molar-refractivity contribution in [2.24, 2.45) is 5.92 Å². The number of nitrogens with zero attached hydrogens (tertiary/aromatic N) is 2. The van der Waals surface area contributed by atoms with E-state index in [4.69, 9.17) is 11.6 Å². The van der Waals surface area contributed by atoms with Gasteiger partial charge in [-0.25, -0.2) is 4.79 Å². The van der Waals surface area contributed by atoms with E-state index >= 15 is 0 Å². The molecule has 0 aromatic carbocycles. The van der Waals surface area contributed by atoms with E-state index in [0.717, 1.165) is 36.5 Å². The van der Waals surface area contributed by atoms with Crippen LogP contribution < -0.4 is 10.6 Å². The van der Waals surface area contributed by atoms with Crippen LogP contribution in [0.4, 0.5) is 10.5 Å². The third-order valence-electron chi connectivity index (χ3n) is 4.25. The molecular weight excluding hydrogens is 344 g/mol. The molecule has 2 amide bonds. The Bertz CT molecular complexity index is 697. The van der Waals surface area contributed by atoms with Gasteiger partial charge < -0.3 is 15.5 Å². The molecule has 0 atom stereocenters. The summed E-state index contributed by atoms with van der Waals surface area (Å²) in [5.74, 6) is 0.552. The van der Waals surface area contributed by atoms with E-state index < -0.39 is 0 Å². The van der Waals surface area contributed by atoms with Crippen molar-refractivity contribution in [2.75, 3.05) is 32.0 Å². The summed E-state index contributed by atoms with van der Waals surface area (Å²) in [5.41, 5.74) is 1.43. The van der Waals surface area contributed by atoms with E-state index in [1.165, 1.54) is 11.3 Å². The van der Waals surface area contributed by atoms with Gasteiger partial charge in [0.15, 0.2) is 0 Å². The molecule has 0 aliphatic carbocycles. The largest absolute Gasteiger partial charge is 0.338 e. The van der Waals surface area contributed by atoms with Crippen molar-refractivity contribution in [1.82, 2.24) is 15.2 Å². The van der Waals surface area contributed by atoms with Crippen molar-refractivity contribution < 1.29 is 4.79 Å². The Kier molecular flexibility index (Phi) is 5.71. The molecule has 7 heteroatoms. The van der Waals surface area contributed by atoms with Crippen LogP contribution in [-0.4, -0.2) is 42.6 Å². The van der Waals surface area contributed by atoms with E-state index in [1.54, 1.807) is 6.20 Å². The molecule has 3 rings (SSSR count). The van der Waals surface area contributed by atoms with E-state index in [9.17, 15) is 4.79 Å². The summed E-state index contributed by atoms with van der Waals surface area (Å²) in [4.78, 5) is 19.9. The molecule has 24 heavy (non-hydrogen) atoms. The van der Waals surface area contributed by atoms with Gasteiger partial charge in [0.2, 0.25) is 0 Å². The van der Waals surface area contributed by atoms with Gasteiger partial charge in [-0.3, -0.25) is 4.98 Å². The van der Waals surface area contributed by atoms with Gasteiger partial charge in [-0.2, -0.15) is 0 Å². The molecule has 1 aliphatic rings. The van der Waals surface area contributed by atoms with Gasteiger partial charge in [0.05, 0.1) is 14.9 Å². The highest BCUT2D eigenvalue weighted by molar-refractivity contribution is 7.19. The highest BCUT2D eigenvalue weighted by atomic mass is 35.5. The second kappa shape index (κ2) is 7.96. The lowest BCUT2D eigenvalue weighted by atomic mass is 9.97. The molecule has 3 heterocycles. The van der Waals surface area contributed by atoms with Crippen LogP contribution in [0.25, 0.3) is 10.6 Å². The smallest absolute Gasteiger partial charge is 0.319 e. The summed E-state index contributed by atoms with van der Waals surface area (Å²) >= 11 is 7.45. The van der Waals surface area contributed by atoms with Crippen LogP contribution in [0.1, 0.15) is 12.8 Å². The molecule has 1 fully saturated rings. The van der Waals surface area contributed by atoms with Crippen LogP contribution in [0.5, 0.6) is 0 Å². The first kappa shape index (κ1) is 17.2. The maximum atomic E-state index is 12.2. The quantitative estimate of drug-likeness (QED) is 0.864. The zero-order chi connectivity index (χ0) is 16.9. The molecule has 2 aromatic heterocycles. The van der Waals surface area contributed by atoms with E-state index in [-0.39, 0.29) is 6.03 Å². The second-order valence-corrected chi connectivity index (χ2v) is 7.80. The monoisotopic (exact) mass is 364 g/mol. The van der Waals surface area contributed by atoms with Gasteiger partial charge in [-0.05, 0) is 63.2 Å². The fraction of sp³-hybridized carbons (Fsp3) is 0.412. The first-order chi connectivity index (χ1) is 11.6. The number of carbonyl (C=O) groups excluding carboxylic acids is 1. The molecule has 128 valence electrons. The first-order valence-corrected chi connectivity index (χ1v) is 9.25. The van der Waals surface area contributed by atoms with Crippen LogP contribution in [0.3, 0.4) is 0 Å². The average molecular weight is 365 g/mol. The van der Waals surface area contributed by atoms with Crippen LogP contribution in [-0.2, 0) is 0 Å². The molecule has 1 aliphatic heterocycles. The Labute approximate surface area is 151 Å². The summed E-state index contributed by atoms with van der Waals surface area (Å²) in [6.45, 7) is 2.90. The van der Waals surface area contributed by atoms with Gasteiger partial charge in [0, 0.05) is 12.7 Å². The summed E-state index contributed by atoms with van der Waals surface area (Å²) in [6.07, 6.45) is 3.97. The zero-order valence-corrected chi connectivity index (χ0v) is 15.2. The van der Waals surface area contributed by atoms with E-state index in [0.29, 0.717) is 22.5 Å². The molecule has 0 bridgehead atoms. The predicted molar refractivity (Wildman–Crippen MR) is 99.8 cm³/mol. The fourth-order valence-electron chi connectivity index (χ4n) is 2.81. The number of rotatable bonds is 4. The lowest BCUT2D eigenvalue weighted by molar-refractivity contribution is 0.213. The summed E-state index contributed by atoms with van der Waals surface area (Å²) in [5, 5.41) is 5.89. The third kappa shape index (κ3) is 4.47. The molecular formula is C17H21ClN4OS. The Morgan fingerprint density at radius 2 is 2.17 bits per heavy atom. The number of urea groups is 1. The number of hydrogen-bond acceptors (Lipinski definition) is 4. The van der Waals surface area contributed by atoms with Crippen LogP contribution >= 0.6 is 22.9 Å². The van der Waals surface area contributed by atoms with Crippen molar-refractivity contribution in [3.63, 3.8) is 0 Å². The number of amides is 2. The van der Waals surface area contributed by atoms with Crippen molar-refractivity contribution in [3.8, 4) is 10.6 Å². The number of aromatic nitrogens is 1. The highest BCUT2D eigenvalue weighted by Crippen LogP contribution is 2.33. The number of anilines is 1. The number of thiophene rings is 1. The summed E-state index contributed by atoms with van der Waals surface area (Å²) < 4.78 is 0.702. The molecule has 1 saturated heterocycles. The molecule has 0 radical (unpaired) electrons. The molecule has 0 spiro atoms. The van der Waals surface area contributed by atoms with Crippen molar-refractivity contribution in [3.05, 3.63) is 34.8 Å². The van der Waals surface area contributed by atoms with Crippen molar-refractivity contribution >= 4 is 34.7 Å². The highest BCUT2D eigenvalue weighted by Gasteiger charge is 2.17. The molecule has 2 aromatic rings. The molecule has 0 unspecified atom stereocenters. The maximum Gasteiger partial charge on any atom is 0.319 e. The molecule has 0 saturated carbocycles. The minimum absolute atomic E-state index is 0.189. The summed E-state index contributed by atoms with van der Waals surface area (Å²) in [7, 11) is 2.14. The molecule has 5 nitrogen and oxygen atoms in total. The SMILES string of the molecule is CN1CCC(CNC(=O)Nc2cccnc2-c2ccc(Cl)s2)CC1. The van der Waals surface area contributed by atoms with Crippen LogP contribution in [0.2, 0.25) is 4.34 Å². The van der Waals surface area contributed by atoms with Gasteiger partial charge in [0.1, 0.15) is 5.69 Å². The Morgan fingerprint density at radius 1 is 1.38 bits per heavy atom. The minimum Gasteiger partial charge on any atom is -0.338 e. The van der Waals surface area contributed by atoms with Crippen LogP contribution in [0, 0.1) is 5.92 Å². The van der Waals surface area contributed by atoms with Crippen molar-refractivity contribution in [2.45, 2.75) is 12.8 Å². The number of carbonyl (C=O) groups is 1. The van der Waals surface area contributed by atoms with E-state index in [1.807, 2.05) is 24.3 Å². The first-order valence-electron chi connectivity index (χ1n) is 8.06. The normalized spacial score (nSPS) is 16.1. The minimum atomic E-state index is -0.189. The number of likely N-dealkylation sites (tertiary alicyclic amines) is 1. The van der Waals surface area contributed by atoms with Crippen molar-refractivity contribution in [1.29, 1.82) is 0 Å². The number of piperidine rings is 1. The third-order valence-corrected chi connectivity index (χ3v) is 5.49. The lowest BCUT2D eigenvalue weighted by Gasteiger charge is -2.28. The topological polar surface area (TPSA) is 57.3 Å². The Hall–Kier alpha value is -1.63. The second-order valence-electron chi connectivity index (χ2n) is 6.09. The summed E-state index contributed by atoms with van der Waals surface area (Å²) in [6, 6.07) is 7.22. The number of nitrogens with one attached hydrogen (secondary N) is 2. The maximum absolute atomic E-state index is 12.2. The Morgan fingerprint density at radius 3 is 2.88 bits per heavy atom. The average Bonchev–Trinajstić information content (AvgIpc) is 3.01. The fourth-order valence-corrected chi connectivity index (χ4v) is 3.87. The van der Waals surface area contributed by atoms with Gasteiger partial charge in [-0.1, -0.05) is 11.6 Å². The van der Waals surface area contributed by atoms with Gasteiger partial charge >= 0.3 is 6.03 Å². The number of pyridine rings is 1. The van der Waals surface area contributed by atoms with Gasteiger partial charge in [0.25, 0.3) is 0 Å². The van der Waals surface area contributed by atoms with Crippen LogP contribution in [0.15, 0.2) is 30.5 Å². The Balaban J connectivity index is 1.59. The number of halogens is 1. The molecule has 2 N–H and O–H groups in total.